The van der Waals surface area contributed by atoms with Crippen molar-refractivity contribution in [2.75, 3.05) is 25.0 Å². The number of amides is 1. The number of rotatable bonds is 10. The van der Waals surface area contributed by atoms with E-state index >= 15 is 0 Å². The molecule has 1 aromatic heterocycles. The Morgan fingerprint density at radius 3 is 2.25 bits per heavy atom. The third-order valence-corrected chi connectivity index (χ3v) is 8.18. The summed E-state index contributed by atoms with van der Waals surface area (Å²) in [6.07, 6.45) is 1.94. The van der Waals surface area contributed by atoms with E-state index in [2.05, 4.69) is 56.5 Å². The Balaban J connectivity index is 1.09. The van der Waals surface area contributed by atoms with Gasteiger partial charge in [-0.25, -0.2) is 9.97 Å². The van der Waals surface area contributed by atoms with Crippen LogP contribution >= 0.6 is 23.4 Å². The predicted molar refractivity (Wildman–Crippen MR) is 164 cm³/mol. The highest BCUT2D eigenvalue weighted by Gasteiger charge is 2.21. The fourth-order valence-corrected chi connectivity index (χ4v) is 5.87. The van der Waals surface area contributed by atoms with Crippen molar-refractivity contribution in [3.8, 4) is 0 Å². The number of likely N-dealkylation sites (tertiary alicyclic amines) is 1. The van der Waals surface area contributed by atoms with Gasteiger partial charge in [-0.2, -0.15) is 0 Å². The van der Waals surface area contributed by atoms with Gasteiger partial charge in [-0.05, 0) is 41.7 Å². The van der Waals surface area contributed by atoms with E-state index in [0.29, 0.717) is 21.6 Å². The lowest BCUT2D eigenvalue weighted by molar-refractivity contribution is 0.0909. The average Bonchev–Trinajstić information content (AvgIpc) is 2.98. The second kappa shape index (κ2) is 13.8. The molecule has 1 aliphatic heterocycles. The average molecular weight is 572 g/mol. The second-order valence-corrected chi connectivity index (χ2v) is 11.5. The fraction of sp³-hybridized carbons (Fsp3) is 0.281. The molecule has 1 amide bonds. The molecule has 2 heterocycles. The highest BCUT2D eigenvalue weighted by molar-refractivity contribution is 7.98. The van der Waals surface area contributed by atoms with Crippen molar-refractivity contribution in [2.45, 2.75) is 42.9 Å². The molecular weight excluding hydrogens is 538 g/mol. The first-order chi connectivity index (χ1) is 19.5. The summed E-state index contributed by atoms with van der Waals surface area (Å²) in [7, 11) is 2.00. The minimum absolute atomic E-state index is 0.00928. The minimum atomic E-state index is -0.00928. The van der Waals surface area contributed by atoms with Crippen molar-refractivity contribution in [1.29, 1.82) is 0 Å². The largest absolute Gasteiger partial charge is 0.355 e. The van der Waals surface area contributed by atoms with Gasteiger partial charge in [-0.1, -0.05) is 96.2 Å². The Bertz CT molecular complexity index is 1380. The number of thioether (sulfide) groups is 1. The zero-order valence-electron chi connectivity index (χ0n) is 22.7. The predicted octanol–water partition coefficient (Wildman–Crippen LogP) is 6.45. The lowest BCUT2D eigenvalue weighted by Gasteiger charge is -2.32. The number of hydrogen-bond donors (Lipinski definition) is 1. The van der Waals surface area contributed by atoms with Gasteiger partial charge in [0.15, 0.2) is 5.16 Å². The number of aromatic nitrogens is 2. The van der Waals surface area contributed by atoms with Gasteiger partial charge in [-0.15, -0.1) is 0 Å². The molecule has 0 saturated carbocycles. The highest BCUT2D eigenvalue weighted by Crippen LogP contribution is 2.25. The van der Waals surface area contributed by atoms with Crippen LogP contribution in [0.25, 0.3) is 0 Å². The molecule has 3 aromatic carbocycles. The normalized spacial score (nSPS) is 14.2. The summed E-state index contributed by atoms with van der Waals surface area (Å²) in [5.41, 5.74) is 4.32. The smallest absolute Gasteiger partial charge is 0.251 e. The molecule has 0 aliphatic carbocycles. The van der Waals surface area contributed by atoms with Crippen LogP contribution in [-0.2, 0) is 18.8 Å². The Morgan fingerprint density at radius 1 is 0.925 bits per heavy atom. The summed E-state index contributed by atoms with van der Waals surface area (Å²) in [4.78, 5) is 26.5. The number of piperidine rings is 1. The first-order valence-corrected chi connectivity index (χ1v) is 15.0. The number of carbonyl (C=O) groups excluding carboxylic acids is 1. The van der Waals surface area contributed by atoms with Gasteiger partial charge in [0.1, 0.15) is 11.0 Å². The van der Waals surface area contributed by atoms with Crippen molar-refractivity contribution in [3.63, 3.8) is 0 Å². The summed E-state index contributed by atoms with van der Waals surface area (Å²) in [5.74, 6) is 1.46. The minimum Gasteiger partial charge on any atom is -0.355 e. The van der Waals surface area contributed by atoms with Crippen LogP contribution in [0.2, 0.25) is 5.15 Å². The van der Waals surface area contributed by atoms with Crippen molar-refractivity contribution in [1.82, 2.24) is 20.2 Å². The van der Waals surface area contributed by atoms with E-state index in [4.69, 9.17) is 16.6 Å². The van der Waals surface area contributed by atoms with Crippen LogP contribution < -0.4 is 10.2 Å². The molecule has 0 bridgehead atoms. The molecule has 0 radical (unpaired) electrons. The van der Waals surface area contributed by atoms with E-state index in [1.807, 2.05) is 55.6 Å². The summed E-state index contributed by atoms with van der Waals surface area (Å²) in [5, 5.41) is 4.28. The maximum absolute atomic E-state index is 12.9. The number of nitrogens with one attached hydrogen (secondary N) is 1. The number of hydrogen-bond acceptors (Lipinski definition) is 6. The quantitative estimate of drug-likeness (QED) is 0.134. The zero-order valence-corrected chi connectivity index (χ0v) is 24.2. The van der Waals surface area contributed by atoms with Gasteiger partial charge in [-0.3, -0.25) is 9.69 Å². The van der Waals surface area contributed by atoms with Gasteiger partial charge >= 0.3 is 0 Å². The van der Waals surface area contributed by atoms with Crippen LogP contribution in [0.4, 0.5) is 5.82 Å². The molecule has 1 N–H and O–H groups in total. The van der Waals surface area contributed by atoms with Gasteiger partial charge < -0.3 is 10.2 Å². The zero-order chi connectivity index (χ0) is 27.7. The molecular formula is C32H34ClN5OS. The summed E-state index contributed by atoms with van der Waals surface area (Å²) in [6.45, 7) is 3.68. The summed E-state index contributed by atoms with van der Waals surface area (Å²) >= 11 is 7.85. The molecule has 8 heteroatoms. The van der Waals surface area contributed by atoms with E-state index in [9.17, 15) is 4.79 Å². The Kier molecular flexibility index (Phi) is 9.71. The Morgan fingerprint density at radius 2 is 1.57 bits per heavy atom. The van der Waals surface area contributed by atoms with Crippen molar-refractivity contribution in [3.05, 3.63) is 118 Å². The maximum atomic E-state index is 12.9. The Labute approximate surface area is 245 Å². The number of nitrogens with zero attached hydrogens (tertiary/aromatic N) is 4. The molecule has 1 saturated heterocycles. The van der Waals surface area contributed by atoms with E-state index in [1.54, 1.807) is 6.07 Å². The third-order valence-electron chi connectivity index (χ3n) is 7.07. The fourth-order valence-electron chi connectivity index (χ4n) is 4.83. The van der Waals surface area contributed by atoms with E-state index in [0.717, 1.165) is 50.4 Å². The van der Waals surface area contributed by atoms with Crippen LogP contribution in [0.5, 0.6) is 0 Å². The molecule has 6 nitrogen and oxygen atoms in total. The van der Waals surface area contributed by atoms with Crippen molar-refractivity contribution >= 4 is 35.1 Å². The van der Waals surface area contributed by atoms with Crippen LogP contribution in [0.15, 0.2) is 96.2 Å². The van der Waals surface area contributed by atoms with Gasteiger partial charge in [0.05, 0.1) is 0 Å². The van der Waals surface area contributed by atoms with Crippen LogP contribution in [-0.4, -0.2) is 47.0 Å². The van der Waals surface area contributed by atoms with Crippen molar-refractivity contribution < 1.29 is 4.79 Å². The standard InChI is InChI=1S/C32H34ClN5OS/c1-37(21-24-8-4-2-5-9-24)30-20-29(33)35-32(36-30)40-23-26-12-14-27(15-13-26)31(39)34-28-16-18-38(19-17-28)22-25-10-6-3-7-11-25/h2-15,20,28H,16-19,21-23H2,1H3,(H,34,39). The van der Waals surface area contributed by atoms with E-state index < -0.39 is 0 Å². The van der Waals surface area contributed by atoms with Gasteiger partial charge in [0.2, 0.25) is 0 Å². The molecule has 0 atom stereocenters. The van der Waals surface area contributed by atoms with Crippen LogP contribution in [0.1, 0.15) is 39.9 Å². The number of halogens is 1. The molecule has 40 heavy (non-hydrogen) atoms. The molecule has 0 spiro atoms. The first-order valence-electron chi connectivity index (χ1n) is 13.6. The molecule has 0 unspecified atom stereocenters. The van der Waals surface area contributed by atoms with Gasteiger partial charge in [0.25, 0.3) is 5.91 Å². The Hall–Kier alpha value is -3.39. The first kappa shape index (κ1) is 28.1. The monoisotopic (exact) mass is 571 g/mol. The topological polar surface area (TPSA) is 61.4 Å². The lowest BCUT2D eigenvalue weighted by atomic mass is 10.0. The summed E-state index contributed by atoms with van der Waals surface area (Å²) in [6, 6.07) is 30.6. The maximum Gasteiger partial charge on any atom is 0.251 e. The van der Waals surface area contributed by atoms with Gasteiger partial charge in [0, 0.05) is 56.7 Å². The lowest BCUT2D eigenvalue weighted by Crippen LogP contribution is -2.44. The highest BCUT2D eigenvalue weighted by atomic mass is 35.5. The third kappa shape index (κ3) is 8.07. The number of carbonyl (C=O) groups is 1. The van der Waals surface area contributed by atoms with E-state index in [-0.39, 0.29) is 11.9 Å². The van der Waals surface area contributed by atoms with E-state index in [1.165, 1.54) is 22.9 Å². The SMILES string of the molecule is CN(Cc1ccccc1)c1cc(Cl)nc(SCc2ccc(C(=O)NC3CCN(Cc4ccccc4)CC3)cc2)n1. The molecule has 1 aliphatic rings. The molecule has 4 aromatic rings. The molecule has 5 rings (SSSR count). The van der Waals surface area contributed by atoms with Crippen LogP contribution in [0, 0.1) is 0 Å². The molecule has 206 valence electrons. The summed E-state index contributed by atoms with van der Waals surface area (Å²) < 4.78 is 0. The van der Waals surface area contributed by atoms with Crippen LogP contribution in [0.3, 0.4) is 0 Å². The molecule has 1 fully saturated rings. The number of anilines is 1. The van der Waals surface area contributed by atoms with Crippen molar-refractivity contribution in [2.24, 2.45) is 0 Å². The number of benzene rings is 3. The second-order valence-electron chi connectivity index (χ2n) is 10.2.